The van der Waals surface area contributed by atoms with Gasteiger partial charge in [-0.15, -0.1) is 0 Å². The molecule has 2 unspecified atom stereocenters. The molecule has 1 saturated heterocycles. The van der Waals surface area contributed by atoms with Crippen LogP contribution in [0.3, 0.4) is 0 Å². The predicted molar refractivity (Wildman–Crippen MR) is 75.5 cm³/mol. The molecule has 20 heavy (non-hydrogen) atoms. The van der Waals surface area contributed by atoms with Gasteiger partial charge >= 0.3 is 12.0 Å². The van der Waals surface area contributed by atoms with Gasteiger partial charge in [0.25, 0.3) is 0 Å². The Morgan fingerprint density at radius 2 is 1.95 bits per heavy atom. The van der Waals surface area contributed by atoms with E-state index in [4.69, 9.17) is 10.2 Å². The summed E-state index contributed by atoms with van der Waals surface area (Å²) in [4.78, 5) is 27.1. The third kappa shape index (κ3) is 3.42. The molecule has 0 aromatic carbocycles. The fraction of sp³-hybridized carbons (Fsp3) is 0.857. The van der Waals surface area contributed by atoms with E-state index in [0.717, 1.165) is 12.8 Å². The Bertz CT molecular complexity index is 344. The maximum absolute atomic E-state index is 12.6. The van der Waals surface area contributed by atoms with E-state index in [9.17, 15) is 9.59 Å². The molecule has 0 aromatic heterocycles. The monoisotopic (exact) mass is 286 g/mol. The van der Waals surface area contributed by atoms with Gasteiger partial charge in [0.1, 0.15) is 0 Å². The number of carbonyl (C=O) groups excluding carboxylic acids is 1. The van der Waals surface area contributed by atoms with Crippen LogP contribution in [0.25, 0.3) is 0 Å². The Morgan fingerprint density at radius 1 is 1.35 bits per heavy atom. The van der Waals surface area contributed by atoms with Crippen molar-refractivity contribution in [2.45, 2.75) is 52.1 Å². The summed E-state index contributed by atoms with van der Waals surface area (Å²) in [5.41, 5.74) is 0. The van der Waals surface area contributed by atoms with Crippen molar-refractivity contribution in [3.05, 3.63) is 0 Å². The lowest BCUT2D eigenvalue weighted by Crippen LogP contribution is -2.50. The first-order valence-electron chi connectivity index (χ1n) is 7.38. The molecule has 0 saturated carbocycles. The highest BCUT2D eigenvalue weighted by atomic mass is 16.4. The predicted octanol–water partition coefficient (Wildman–Crippen LogP) is 1.38. The summed E-state index contributed by atoms with van der Waals surface area (Å²) < 4.78 is 0. The molecule has 1 rings (SSSR count). The number of amides is 2. The SMILES string of the molecule is CCC(CC)N(CCO)C(=O)N1CCC(C(=O)O)C1C. The summed E-state index contributed by atoms with van der Waals surface area (Å²) in [6.45, 7) is 6.50. The van der Waals surface area contributed by atoms with E-state index in [0.29, 0.717) is 19.5 Å². The second-order valence-corrected chi connectivity index (χ2v) is 5.34. The van der Waals surface area contributed by atoms with E-state index in [1.807, 2.05) is 13.8 Å². The van der Waals surface area contributed by atoms with E-state index in [1.54, 1.807) is 16.7 Å². The Kier molecular flexibility index (Phi) is 6.26. The number of rotatable bonds is 6. The fourth-order valence-corrected chi connectivity index (χ4v) is 2.98. The number of carbonyl (C=O) groups is 2. The van der Waals surface area contributed by atoms with Gasteiger partial charge in [0.15, 0.2) is 0 Å². The quantitative estimate of drug-likeness (QED) is 0.773. The van der Waals surface area contributed by atoms with E-state index in [2.05, 4.69) is 0 Å². The first-order chi connectivity index (χ1) is 9.47. The maximum Gasteiger partial charge on any atom is 0.320 e. The second-order valence-electron chi connectivity index (χ2n) is 5.34. The number of hydrogen-bond acceptors (Lipinski definition) is 3. The number of hydrogen-bond donors (Lipinski definition) is 2. The molecule has 116 valence electrons. The van der Waals surface area contributed by atoms with Crippen LogP contribution in [-0.2, 0) is 4.79 Å². The molecule has 6 heteroatoms. The van der Waals surface area contributed by atoms with Gasteiger partial charge in [-0.05, 0) is 26.2 Å². The Balaban J connectivity index is 2.82. The van der Waals surface area contributed by atoms with Crippen LogP contribution in [0.1, 0.15) is 40.0 Å². The molecule has 2 N–H and O–H groups in total. The molecule has 1 aliphatic rings. The molecule has 0 spiro atoms. The minimum atomic E-state index is -0.843. The maximum atomic E-state index is 12.6. The van der Waals surface area contributed by atoms with Crippen LogP contribution in [0.5, 0.6) is 0 Å². The highest BCUT2D eigenvalue weighted by Gasteiger charge is 2.40. The van der Waals surface area contributed by atoms with Gasteiger partial charge in [0.05, 0.1) is 12.5 Å². The Morgan fingerprint density at radius 3 is 2.35 bits per heavy atom. The molecule has 0 radical (unpaired) electrons. The van der Waals surface area contributed by atoms with Gasteiger partial charge in [0.2, 0.25) is 0 Å². The van der Waals surface area contributed by atoms with Crippen LogP contribution in [0, 0.1) is 5.92 Å². The van der Waals surface area contributed by atoms with Gasteiger partial charge < -0.3 is 20.0 Å². The molecular formula is C14H26N2O4. The lowest BCUT2D eigenvalue weighted by molar-refractivity contribution is -0.142. The van der Waals surface area contributed by atoms with Crippen molar-refractivity contribution in [2.75, 3.05) is 19.7 Å². The van der Waals surface area contributed by atoms with Crippen molar-refractivity contribution in [3.8, 4) is 0 Å². The minimum absolute atomic E-state index is 0.0766. The highest BCUT2D eigenvalue weighted by molar-refractivity contribution is 5.78. The largest absolute Gasteiger partial charge is 0.481 e. The molecule has 1 heterocycles. The number of carboxylic acid groups (broad SMARTS) is 1. The van der Waals surface area contributed by atoms with Crippen molar-refractivity contribution in [1.29, 1.82) is 0 Å². The van der Waals surface area contributed by atoms with E-state index in [-0.39, 0.29) is 24.7 Å². The topological polar surface area (TPSA) is 81.1 Å². The first kappa shape index (κ1) is 16.8. The molecule has 1 fully saturated rings. The fourth-order valence-electron chi connectivity index (χ4n) is 2.98. The molecule has 2 amide bonds. The molecule has 6 nitrogen and oxygen atoms in total. The number of urea groups is 1. The zero-order valence-corrected chi connectivity index (χ0v) is 12.6. The lowest BCUT2D eigenvalue weighted by atomic mass is 10.0. The van der Waals surface area contributed by atoms with Crippen LogP contribution < -0.4 is 0 Å². The number of likely N-dealkylation sites (tertiary alicyclic amines) is 1. The van der Waals surface area contributed by atoms with Crippen LogP contribution in [-0.4, -0.2) is 63.8 Å². The molecular weight excluding hydrogens is 260 g/mol. The zero-order chi connectivity index (χ0) is 15.3. The summed E-state index contributed by atoms with van der Waals surface area (Å²) >= 11 is 0. The Labute approximate surface area is 120 Å². The minimum Gasteiger partial charge on any atom is -0.481 e. The van der Waals surface area contributed by atoms with Crippen LogP contribution >= 0.6 is 0 Å². The molecule has 0 aromatic rings. The summed E-state index contributed by atoms with van der Waals surface area (Å²) in [5.74, 6) is -1.33. The summed E-state index contributed by atoms with van der Waals surface area (Å²) in [7, 11) is 0. The molecule has 0 bridgehead atoms. The summed E-state index contributed by atoms with van der Waals surface area (Å²) in [5, 5.41) is 18.3. The standard InChI is InChI=1S/C14H26N2O4/c1-4-11(5-2)16(8-9-17)14(20)15-7-6-12(10(15)3)13(18)19/h10-12,17H,4-9H2,1-3H3,(H,18,19). The summed E-state index contributed by atoms with van der Waals surface area (Å²) in [6.07, 6.45) is 2.15. The van der Waals surface area contributed by atoms with Crippen molar-refractivity contribution in [1.82, 2.24) is 9.80 Å². The van der Waals surface area contributed by atoms with Crippen LogP contribution in [0.2, 0.25) is 0 Å². The van der Waals surface area contributed by atoms with Crippen molar-refractivity contribution < 1.29 is 19.8 Å². The third-order valence-electron chi connectivity index (χ3n) is 4.29. The van der Waals surface area contributed by atoms with E-state index in [1.165, 1.54) is 0 Å². The van der Waals surface area contributed by atoms with Gasteiger partial charge in [-0.25, -0.2) is 4.79 Å². The van der Waals surface area contributed by atoms with Crippen LogP contribution in [0.15, 0.2) is 0 Å². The number of aliphatic carboxylic acids is 1. The van der Waals surface area contributed by atoms with E-state index >= 15 is 0 Å². The van der Waals surface area contributed by atoms with Gasteiger partial charge in [-0.3, -0.25) is 4.79 Å². The van der Waals surface area contributed by atoms with Gasteiger partial charge in [-0.1, -0.05) is 13.8 Å². The van der Waals surface area contributed by atoms with Crippen LogP contribution in [0.4, 0.5) is 4.79 Å². The van der Waals surface area contributed by atoms with Gasteiger partial charge in [0, 0.05) is 25.2 Å². The summed E-state index contributed by atoms with van der Waals surface area (Å²) in [6, 6.07) is -0.356. The second kappa shape index (κ2) is 7.47. The van der Waals surface area contributed by atoms with Crippen molar-refractivity contribution in [3.63, 3.8) is 0 Å². The average Bonchev–Trinajstić information content (AvgIpc) is 2.80. The third-order valence-corrected chi connectivity index (χ3v) is 4.29. The smallest absolute Gasteiger partial charge is 0.320 e. The average molecular weight is 286 g/mol. The molecule has 2 atom stereocenters. The Hall–Kier alpha value is -1.30. The van der Waals surface area contributed by atoms with Crippen molar-refractivity contribution in [2.24, 2.45) is 5.92 Å². The molecule has 1 aliphatic heterocycles. The lowest BCUT2D eigenvalue weighted by Gasteiger charge is -2.35. The van der Waals surface area contributed by atoms with Crippen molar-refractivity contribution >= 4 is 12.0 Å². The number of nitrogens with zero attached hydrogens (tertiary/aromatic N) is 2. The molecule has 0 aliphatic carbocycles. The van der Waals surface area contributed by atoms with E-state index < -0.39 is 11.9 Å². The zero-order valence-electron chi connectivity index (χ0n) is 12.6. The number of aliphatic hydroxyl groups excluding tert-OH is 1. The highest BCUT2D eigenvalue weighted by Crippen LogP contribution is 2.26. The normalized spacial score (nSPS) is 22.4. The first-order valence-corrected chi connectivity index (χ1v) is 7.38. The van der Waals surface area contributed by atoms with Gasteiger partial charge in [-0.2, -0.15) is 0 Å². The number of carboxylic acids is 1. The number of aliphatic hydroxyl groups is 1.